The molecule has 0 radical (unpaired) electrons. The first-order chi connectivity index (χ1) is 12.7. The molecule has 138 valence electrons. The minimum Gasteiger partial charge on any atom is -0.507 e. The van der Waals surface area contributed by atoms with E-state index in [1.165, 1.54) is 44.1 Å². The zero-order chi connectivity index (χ0) is 17.9. The van der Waals surface area contributed by atoms with E-state index in [0.29, 0.717) is 23.7 Å². The van der Waals surface area contributed by atoms with E-state index in [0.717, 1.165) is 36.8 Å². The summed E-state index contributed by atoms with van der Waals surface area (Å²) >= 11 is 0. The van der Waals surface area contributed by atoms with Crippen LogP contribution in [0, 0.1) is 0 Å². The number of hydrogen-bond donors (Lipinski definition) is 1. The first-order valence-corrected chi connectivity index (χ1v) is 10.2. The third-order valence-corrected chi connectivity index (χ3v) is 5.89. The Labute approximate surface area is 155 Å². The molecule has 1 saturated carbocycles. The summed E-state index contributed by atoms with van der Waals surface area (Å²) in [5, 5.41) is 10.9. The molecule has 2 aliphatic carbocycles. The van der Waals surface area contributed by atoms with Gasteiger partial charge in [0, 0.05) is 18.4 Å². The molecule has 0 bridgehead atoms. The first-order valence-electron chi connectivity index (χ1n) is 10.2. The highest BCUT2D eigenvalue weighted by molar-refractivity contribution is 5.45. The molecule has 0 unspecified atom stereocenters. The molecule has 0 amide bonds. The molecule has 1 aromatic carbocycles. The second-order valence-electron chi connectivity index (χ2n) is 7.89. The second-order valence-corrected chi connectivity index (χ2v) is 7.89. The molecule has 2 aliphatic rings. The van der Waals surface area contributed by atoms with Gasteiger partial charge < -0.3 is 9.52 Å². The van der Waals surface area contributed by atoms with Crippen molar-refractivity contribution in [1.82, 2.24) is 0 Å². The van der Waals surface area contributed by atoms with Crippen molar-refractivity contribution < 1.29 is 9.52 Å². The van der Waals surface area contributed by atoms with Crippen molar-refractivity contribution in [1.29, 1.82) is 0 Å². The molecule has 4 rings (SSSR count). The minimum absolute atomic E-state index is 0.197. The van der Waals surface area contributed by atoms with E-state index in [1.54, 1.807) is 0 Å². The number of hydrogen-bond acceptors (Lipinski definition) is 3. The molecule has 0 atom stereocenters. The molecule has 1 fully saturated rings. The molecule has 1 N–H and O–H groups in total. The molecule has 2 aromatic rings. The molecule has 3 nitrogen and oxygen atoms in total. The summed E-state index contributed by atoms with van der Waals surface area (Å²) in [5.74, 6) is 1.54. The average molecular weight is 352 g/mol. The van der Waals surface area contributed by atoms with Crippen LogP contribution in [0.4, 0.5) is 0 Å². The number of rotatable bonds is 3. The standard InChI is InChI=1S/C23H28O3/c24-22-19-11-5-3-1-2-4-6-12-21(19)26-23(25)20(22)15-17-9-7-8-10-18(17)16-13-14-16/h7-10,16,24H,1-6,11-15H2. The summed E-state index contributed by atoms with van der Waals surface area (Å²) in [6.45, 7) is 0. The Kier molecular flexibility index (Phi) is 5.14. The summed E-state index contributed by atoms with van der Waals surface area (Å²) in [5.41, 5.74) is 3.44. The Bertz CT molecular complexity index is 830. The summed E-state index contributed by atoms with van der Waals surface area (Å²) in [7, 11) is 0. The molecule has 1 aromatic heterocycles. The van der Waals surface area contributed by atoms with Crippen LogP contribution < -0.4 is 5.63 Å². The van der Waals surface area contributed by atoms with Crippen LogP contribution in [-0.2, 0) is 19.3 Å². The van der Waals surface area contributed by atoms with Gasteiger partial charge in [0.15, 0.2) is 0 Å². The fraction of sp³-hybridized carbons (Fsp3) is 0.522. The maximum atomic E-state index is 12.6. The summed E-state index contributed by atoms with van der Waals surface area (Å²) < 4.78 is 5.72. The van der Waals surface area contributed by atoms with Gasteiger partial charge in [0.1, 0.15) is 11.5 Å². The fourth-order valence-electron chi connectivity index (χ4n) is 4.23. The lowest BCUT2D eigenvalue weighted by molar-refractivity contribution is 0.393. The molecule has 0 saturated heterocycles. The van der Waals surface area contributed by atoms with E-state index in [-0.39, 0.29) is 11.4 Å². The van der Waals surface area contributed by atoms with E-state index in [9.17, 15) is 9.90 Å². The van der Waals surface area contributed by atoms with Crippen LogP contribution in [0.25, 0.3) is 0 Å². The Morgan fingerprint density at radius 2 is 1.65 bits per heavy atom. The largest absolute Gasteiger partial charge is 0.507 e. The van der Waals surface area contributed by atoms with Crippen molar-refractivity contribution in [2.24, 2.45) is 0 Å². The van der Waals surface area contributed by atoms with Gasteiger partial charge in [-0.3, -0.25) is 0 Å². The quantitative estimate of drug-likeness (QED) is 0.820. The highest BCUT2D eigenvalue weighted by Gasteiger charge is 2.27. The zero-order valence-corrected chi connectivity index (χ0v) is 15.4. The van der Waals surface area contributed by atoms with Gasteiger partial charge in [0.05, 0.1) is 5.56 Å². The monoisotopic (exact) mass is 352 g/mol. The number of aryl methyl sites for hydroxylation is 1. The zero-order valence-electron chi connectivity index (χ0n) is 15.4. The Balaban J connectivity index is 1.69. The lowest BCUT2D eigenvalue weighted by atomic mass is 9.93. The maximum absolute atomic E-state index is 12.6. The van der Waals surface area contributed by atoms with E-state index in [1.807, 2.05) is 6.07 Å². The van der Waals surface area contributed by atoms with Crippen LogP contribution in [0.15, 0.2) is 33.5 Å². The third-order valence-electron chi connectivity index (χ3n) is 5.89. The molecule has 26 heavy (non-hydrogen) atoms. The Hall–Kier alpha value is -2.03. The Morgan fingerprint density at radius 3 is 2.42 bits per heavy atom. The van der Waals surface area contributed by atoms with Gasteiger partial charge in [-0.1, -0.05) is 49.9 Å². The second kappa shape index (κ2) is 7.69. The molecular formula is C23H28O3. The topological polar surface area (TPSA) is 50.4 Å². The maximum Gasteiger partial charge on any atom is 0.343 e. The number of benzene rings is 1. The van der Waals surface area contributed by atoms with E-state index in [2.05, 4.69) is 18.2 Å². The van der Waals surface area contributed by atoms with Gasteiger partial charge >= 0.3 is 5.63 Å². The SMILES string of the molecule is O=c1oc2c(c(O)c1Cc1ccccc1C1CC1)CCCCCCCC2. The lowest BCUT2D eigenvalue weighted by Crippen LogP contribution is -2.14. The molecule has 0 aliphatic heterocycles. The third kappa shape index (κ3) is 3.72. The van der Waals surface area contributed by atoms with Crippen LogP contribution >= 0.6 is 0 Å². The highest BCUT2D eigenvalue weighted by Crippen LogP contribution is 2.42. The first kappa shape index (κ1) is 17.4. The molecule has 0 spiro atoms. The van der Waals surface area contributed by atoms with E-state index >= 15 is 0 Å². The van der Waals surface area contributed by atoms with Gasteiger partial charge in [-0.2, -0.15) is 0 Å². The van der Waals surface area contributed by atoms with E-state index < -0.39 is 0 Å². The average Bonchev–Trinajstić information content (AvgIpc) is 3.48. The van der Waals surface area contributed by atoms with Crippen LogP contribution in [0.3, 0.4) is 0 Å². The minimum atomic E-state index is -0.357. The molecular weight excluding hydrogens is 324 g/mol. The molecule has 1 heterocycles. The Morgan fingerprint density at radius 1 is 0.962 bits per heavy atom. The van der Waals surface area contributed by atoms with Crippen molar-refractivity contribution in [3.8, 4) is 5.75 Å². The lowest BCUT2D eigenvalue weighted by Gasteiger charge is -2.16. The van der Waals surface area contributed by atoms with Crippen LogP contribution in [0.2, 0.25) is 0 Å². The van der Waals surface area contributed by atoms with E-state index in [4.69, 9.17) is 4.42 Å². The van der Waals surface area contributed by atoms with Gasteiger partial charge in [-0.05, 0) is 49.1 Å². The van der Waals surface area contributed by atoms with Crippen molar-refractivity contribution in [2.45, 2.75) is 76.5 Å². The predicted octanol–water partition coefficient (Wildman–Crippen LogP) is 5.25. The number of aromatic hydroxyl groups is 1. The van der Waals surface area contributed by atoms with Gasteiger partial charge in [0.25, 0.3) is 0 Å². The summed E-state index contributed by atoms with van der Waals surface area (Å²) in [6, 6.07) is 8.32. The van der Waals surface area contributed by atoms with Gasteiger partial charge in [0.2, 0.25) is 0 Å². The summed E-state index contributed by atoms with van der Waals surface area (Å²) in [6.07, 6.45) is 11.4. The molecule has 3 heteroatoms. The number of fused-ring (bicyclic) bond motifs is 1. The normalized spacial score (nSPS) is 18.3. The van der Waals surface area contributed by atoms with Crippen LogP contribution in [0.1, 0.15) is 85.3 Å². The van der Waals surface area contributed by atoms with Crippen molar-refractivity contribution >= 4 is 0 Å². The summed E-state index contributed by atoms with van der Waals surface area (Å²) in [4.78, 5) is 12.6. The smallest absolute Gasteiger partial charge is 0.343 e. The van der Waals surface area contributed by atoms with Crippen molar-refractivity contribution in [3.05, 3.63) is 62.7 Å². The van der Waals surface area contributed by atoms with Crippen molar-refractivity contribution in [3.63, 3.8) is 0 Å². The van der Waals surface area contributed by atoms with Crippen LogP contribution in [-0.4, -0.2) is 5.11 Å². The van der Waals surface area contributed by atoms with Gasteiger partial charge in [-0.25, -0.2) is 4.79 Å². The highest BCUT2D eigenvalue weighted by atomic mass is 16.4. The predicted molar refractivity (Wildman–Crippen MR) is 103 cm³/mol. The fourth-order valence-corrected chi connectivity index (χ4v) is 4.23. The van der Waals surface area contributed by atoms with Crippen LogP contribution in [0.5, 0.6) is 5.75 Å². The van der Waals surface area contributed by atoms with Crippen molar-refractivity contribution in [2.75, 3.05) is 0 Å². The van der Waals surface area contributed by atoms with Gasteiger partial charge in [-0.15, -0.1) is 0 Å².